The van der Waals surface area contributed by atoms with Crippen LogP contribution in [0.15, 0.2) is 11.4 Å². The third-order valence-electron chi connectivity index (χ3n) is 2.14. The van der Waals surface area contributed by atoms with E-state index in [0.717, 1.165) is 10.6 Å². The molecule has 0 unspecified atom stereocenters. The highest BCUT2D eigenvalue weighted by atomic mass is 35.5. The summed E-state index contributed by atoms with van der Waals surface area (Å²) in [4.78, 5) is 14.2. The minimum Gasteiger partial charge on any atom is -0.450 e. The molecule has 1 amide bonds. The van der Waals surface area contributed by atoms with Gasteiger partial charge >= 0.3 is 6.09 Å². The number of carbonyl (C=O) groups is 1. The van der Waals surface area contributed by atoms with Crippen molar-refractivity contribution in [2.24, 2.45) is 0 Å². The summed E-state index contributed by atoms with van der Waals surface area (Å²) in [5, 5.41) is 1.97. The number of rotatable bonds is 1. The predicted octanol–water partition coefficient (Wildman–Crippen LogP) is 2.64. The van der Waals surface area contributed by atoms with E-state index in [1.54, 1.807) is 23.2 Å². The Morgan fingerprint density at radius 2 is 2.53 bits per heavy atom. The van der Waals surface area contributed by atoms with Crippen LogP contribution in [0.1, 0.15) is 11.8 Å². The fourth-order valence-electron chi connectivity index (χ4n) is 1.45. The van der Waals surface area contributed by atoms with Crippen molar-refractivity contribution in [2.75, 3.05) is 17.7 Å². The largest absolute Gasteiger partial charge is 0.450 e. The molecule has 1 aromatic heterocycles. The van der Waals surface area contributed by atoms with E-state index < -0.39 is 0 Å². The van der Waals surface area contributed by atoms with Gasteiger partial charge in [0.1, 0.15) is 6.67 Å². The van der Waals surface area contributed by atoms with E-state index in [2.05, 4.69) is 0 Å². The van der Waals surface area contributed by atoms with Gasteiger partial charge in [-0.15, -0.1) is 11.3 Å². The van der Waals surface area contributed by atoms with Gasteiger partial charge in [0.2, 0.25) is 0 Å². The van der Waals surface area contributed by atoms with Crippen LogP contribution in [0, 0.1) is 0 Å². The first-order valence-electron chi connectivity index (χ1n) is 4.63. The Hall–Kier alpha value is -0.940. The molecular weight excluding hydrogens is 236 g/mol. The quantitative estimate of drug-likeness (QED) is 0.715. The SMILES string of the molecule is CCOC(=O)N1Cc2sccc2N(Cl)C1. The summed E-state index contributed by atoms with van der Waals surface area (Å²) in [6.45, 7) is 3.12. The average molecular weight is 247 g/mol. The number of halogens is 1. The second-order valence-electron chi connectivity index (χ2n) is 3.13. The summed E-state index contributed by atoms with van der Waals surface area (Å²) < 4.78 is 6.46. The highest BCUT2D eigenvalue weighted by Crippen LogP contribution is 2.33. The Balaban J connectivity index is 2.12. The fraction of sp³-hybridized carbons (Fsp3) is 0.444. The van der Waals surface area contributed by atoms with Crippen LogP contribution in [0.5, 0.6) is 0 Å². The molecule has 0 atom stereocenters. The number of hydrogen-bond acceptors (Lipinski definition) is 4. The molecule has 6 heteroatoms. The molecule has 0 fully saturated rings. The second kappa shape index (κ2) is 4.28. The van der Waals surface area contributed by atoms with Crippen LogP contribution in [0.25, 0.3) is 0 Å². The molecule has 0 saturated heterocycles. The van der Waals surface area contributed by atoms with Crippen molar-refractivity contribution in [1.29, 1.82) is 0 Å². The summed E-state index contributed by atoms with van der Waals surface area (Å²) in [5.74, 6) is 0. The van der Waals surface area contributed by atoms with Gasteiger partial charge in [-0.3, -0.25) is 9.32 Å². The summed E-state index contributed by atoms with van der Waals surface area (Å²) in [6.07, 6.45) is -0.317. The highest BCUT2D eigenvalue weighted by molar-refractivity contribution is 7.10. The van der Waals surface area contributed by atoms with Crippen molar-refractivity contribution < 1.29 is 9.53 Å². The minimum absolute atomic E-state index is 0.317. The zero-order valence-electron chi connectivity index (χ0n) is 8.27. The number of fused-ring (bicyclic) bond motifs is 1. The number of carbonyl (C=O) groups excluding carboxylic acids is 1. The molecule has 0 aromatic carbocycles. The van der Waals surface area contributed by atoms with Gasteiger partial charge in [0, 0.05) is 16.7 Å². The van der Waals surface area contributed by atoms with Gasteiger partial charge in [-0.25, -0.2) is 4.79 Å². The molecule has 1 aromatic rings. The van der Waals surface area contributed by atoms with Crippen LogP contribution in [-0.4, -0.2) is 24.3 Å². The topological polar surface area (TPSA) is 32.8 Å². The fourth-order valence-corrected chi connectivity index (χ4v) is 2.68. The Labute approximate surface area is 97.1 Å². The van der Waals surface area contributed by atoms with E-state index in [-0.39, 0.29) is 6.09 Å². The van der Waals surface area contributed by atoms with E-state index in [1.165, 1.54) is 4.42 Å². The third kappa shape index (κ3) is 2.03. The van der Waals surface area contributed by atoms with Crippen LogP contribution < -0.4 is 4.42 Å². The second-order valence-corrected chi connectivity index (χ2v) is 4.54. The van der Waals surface area contributed by atoms with Gasteiger partial charge < -0.3 is 4.74 Å². The Kier molecular flexibility index (Phi) is 3.02. The van der Waals surface area contributed by atoms with Crippen molar-refractivity contribution in [2.45, 2.75) is 13.5 Å². The van der Waals surface area contributed by atoms with E-state index in [4.69, 9.17) is 16.5 Å². The van der Waals surface area contributed by atoms with Crippen molar-refractivity contribution >= 4 is 34.9 Å². The number of nitrogens with zero attached hydrogens (tertiary/aromatic N) is 2. The maximum Gasteiger partial charge on any atom is 0.411 e. The molecule has 0 saturated carbocycles. The van der Waals surface area contributed by atoms with E-state index >= 15 is 0 Å². The average Bonchev–Trinajstić information content (AvgIpc) is 2.66. The van der Waals surface area contributed by atoms with Gasteiger partial charge in [0.05, 0.1) is 18.8 Å². The molecule has 1 aliphatic heterocycles. The summed E-state index contributed by atoms with van der Waals surface area (Å²) in [5.41, 5.74) is 0.988. The normalized spacial score (nSPS) is 15.1. The lowest BCUT2D eigenvalue weighted by Gasteiger charge is -2.31. The first-order valence-corrected chi connectivity index (χ1v) is 5.85. The van der Waals surface area contributed by atoms with Crippen molar-refractivity contribution in [3.05, 3.63) is 16.3 Å². The van der Waals surface area contributed by atoms with Crippen LogP contribution in [0.4, 0.5) is 10.5 Å². The molecule has 0 spiro atoms. The van der Waals surface area contributed by atoms with E-state index in [9.17, 15) is 4.79 Å². The van der Waals surface area contributed by atoms with Gasteiger partial charge in [0.25, 0.3) is 0 Å². The highest BCUT2D eigenvalue weighted by Gasteiger charge is 2.26. The minimum atomic E-state index is -0.317. The molecule has 0 aliphatic carbocycles. The lowest BCUT2D eigenvalue weighted by Crippen LogP contribution is -2.41. The summed E-state index contributed by atoms with van der Waals surface area (Å²) >= 11 is 7.61. The van der Waals surface area contributed by atoms with Crippen LogP contribution in [0.2, 0.25) is 0 Å². The number of ether oxygens (including phenoxy) is 1. The van der Waals surface area contributed by atoms with Gasteiger partial charge in [-0.1, -0.05) is 0 Å². The van der Waals surface area contributed by atoms with E-state index in [1.807, 2.05) is 11.4 Å². The molecule has 82 valence electrons. The van der Waals surface area contributed by atoms with Gasteiger partial charge in [-0.05, 0) is 18.4 Å². The Morgan fingerprint density at radius 3 is 3.27 bits per heavy atom. The number of anilines is 1. The molecule has 15 heavy (non-hydrogen) atoms. The molecule has 4 nitrogen and oxygen atoms in total. The van der Waals surface area contributed by atoms with Crippen molar-refractivity contribution in [1.82, 2.24) is 4.90 Å². The van der Waals surface area contributed by atoms with Crippen LogP contribution in [-0.2, 0) is 11.3 Å². The molecule has 2 heterocycles. The lowest BCUT2D eigenvalue weighted by atomic mass is 10.3. The smallest absolute Gasteiger partial charge is 0.411 e. The molecule has 0 N–H and O–H groups in total. The zero-order chi connectivity index (χ0) is 10.8. The van der Waals surface area contributed by atoms with Crippen molar-refractivity contribution in [3.63, 3.8) is 0 Å². The molecule has 2 rings (SSSR count). The summed E-state index contributed by atoms with van der Waals surface area (Å²) in [6, 6.07) is 1.95. The first-order chi connectivity index (χ1) is 7.22. The first kappa shape index (κ1) is 10.6. The maximum atomic E-state index is 11.5. The van der Waals surface area contributed by atoms with Crippen LogP contribution >= 0.6 is 23.1 Å². The number of hydrogen-bond donors (Lipinski definition) is 0. The molecule has 0 radical (unpaired) electrons. The van der Waals surface area contributed by atoms with Crippen molar-refractivity contribution in [3.8, 4) is 0 Å². The summed E-state index contributed by atoms with van der Waals surface area (Å²) in [7, 11) is 0. The van der Waals surface area contributed by atoms with Gasteiger partial charge in [-0.2, -0.15) is 0 Å². The Bertz CT molecular complexity index is 369. The third-order valence-corrected chi connectivity index (χ3v) is 3.32. The maximum absolute atomic E-state index is 11.5. The van der Waals surface area contributed by atoms with Crippen LogP contribution in [0.3, 0.4) is 0 Å². The predicted molar refractivity (Wildman–Crippen MR) is 60.1 cm³/mol. The van der Waals surface area contributed by atoms with E-state index in [0.29, 0.717) is 19.8 Å². The molecule has 0 bridgehead atoms. The monoisotopic (exact) mass is 246 g/mol. The van der Waals surface area contributed by atoms with Gasteiger partial charge in [0.15, 0.2) is 0 Å². The Morgan fingerprint density at radius 1 is 1.73 bits per heavy atom. The number of thiophene rings is 1. The molecular formula is C9H11ClN2O2S. The lowest BCUT2D eigenvalue weighted by molar-refractivity contribution is 0.105. The zero-order valence-corrected chi connectivity index (χ0v) is 9.85. The molecule has 1 aliphatic rings. The number of amides is 1. The standard InChI is InChI=1S/C9H11ClN2O2S/c1-2-14-9(13)11-5-8-7(3-4-15-8)12(10)6-11/h3-4H,2,5-6H2,1H3.